The summed E-state index contributed by atoms with van der Waals surface area (Å²) < 4.78 is 4.90. The van der Waals surface area contributed by atoms with Crippen molar-refractivity contribution in [3.05, 3.63) is 0 Å². The largest absolute Gasteiger partial charge is 0.449 e. The van der Waals surface area contributed by atoms with Gasteiger partial charge in [0.15, 0.2) is 0 Å². The van der Waals surface area contributed by atoms with Crippen LogP contribution in [0, 0.1) is 11.8 Å². The molecular formula is C9H19NO2. The minimum atomic E-state index is -0.308. The third kappa shape index (κ3) is 7.38. The monoisotopic (exact) mass is 173 g/mol. The fourth-order valence-electron chi connectivity index (χ4n) is 0.581. The molecule has 0 fully saturated rings. The standard InChI is InChI=1S/C9H19NO2/c1-7(2)5-10-9(11)12-6-8(3)4/h7-8H,5-6H2,1-4H3,(H,10,11). The maximum atomic E-state index is 10.9. The van der Waals surface area contributed by atoms with Gasteiger partial charge >= 0.3 is 6.09 Å². The van der Waals surface area contributed by atoms with Crippen molar-refractivity contribution < 1.29 is 9.53 Å². The first-order chi connectivity index (χ1) is 5.52. The van der Waals surface area contributed by atoms with Crippen molar-refractivity contribution in [1.29, 1.82) is 0 Å². The third-order valence-corrected chi connectivity index (χ3v) is 1.20. The molecule has 0 atom stereocenters. The molecule has 0 aliphatic carbocycles. The van der Waals surface area contributed by atoms with Crippen molar-refractivity contribution >= 4 is 6.09 Å². The van der Waals surface area contributed by atoms with Crippen molar-refractivity contribution in [2.24, 2.45) is 11.8 Å². The summed E-state index contributed by atoms with van der Waals surface area (Å²) in [5.74, 6) is 0.867. The van der Waals surface area contributed by atoms with Gasteiger partial charge in [0.1, 0.15) is 0 Å². The van der Waals surface area contributed by atoms with Crippen LogP contribution in [-0.4, -0.2) is 19.2 Å². The van der Waals surface area contributed by atoms with E-state index in [9.17, 15) is 4.79 Å². The second kappa shape index (κ2) is 5.86. The Morgan fingerprint density at radius 3 is 2.25 bits per heavy atom. The number of carbonyl (C=O) groups is 1. The van der Waals surface area contributed by atoms with Gasteiger partial charge in [-0.3, -0.25) is 0 Å². The lowest BCUT2D eigenvalue weighted by Gasteiger charge is -2.09. The zero-order chi connectivity index (χ0) is 9.56. The van der Waals surface area contributed by atoms with Crippen molar-refractivity contribution in [2.75, 3.05) is 13.2 Å². The molecule has 0 heterocycles. The first-order valence-electron chi connectivity index (χ1n) is 4.43. The lowest BCUT2D eigenvalue weighted by molar-refractivity contribution is 0.132. The summed E-state index contributed by atoms with van der Waals surface area (Å²) in [5.41, 5.74) is 0. The summed E-state index contributed by atoms with van der Waals surface area (Å²) >= 11 is 0. The van der Waals surface area contributed by atoms with Crippen molar-refractivity contribution in [2.45, 2.75) is 27.7 Å². The molecule has 72 valence electrons. The summed E-state index contributed by atoms with van der Waals surface area (Å²) in [6.07, 6.45) is -0.308. The van der Waals surface area contributed by atoms with E-state index >= 15 is 0 Å². The van der Waals surface area contributed by atoms with Gasteiger partial charge in [-0.1, -0.05) is 27.7 Å². The van der Waals surface area contributed by atoms with Crippen LogP contribution in [0.15, 0.2) is 0 Å². The molecule has 0 aromatic rings. The normalized spacial score (nSPS) is 10.5. The van der Waals surface area contributed by atoms with E-state index in [1.807, 2.05) is 27.7 Å². The Morgan fingerprint density at radius 2 is 1.83 bits per heavy atom. The molecule has 0 aliphatic rings. The smallest absolute Gasteiger partial charge is 0.407 e. The molecule has 3 heteroatoms. The number of alkyl carbamates (subject to hydrolysis) is 1. The number of nitrogens with one attached hydrogen (secondary N) is 1. The van der Waals surface area contributed by atoms with Crippen molar-refractivity contribution in [1.82, 2.24) is 5.32 Å². The van der Waals surface area contributed by atoms with Crippen LogP contribution in [0.2, 0.25) is 0 Å². The molecule has 0 bridgehead atoms. The molecule has 0 aliphatic heterocycles. The fraction of sp³-hybridized carbons (Fsp3) is 0.889. The van der Waals surface area contributed by atoms with E-state index in [2.05, 4.69) is 5.32 Å². The number of ether oxygens (including phenoxy) is 1. The number of rotatable bonds is 4. The van der Waals surface area contributed by atoms with E-state index in [4.69, 9.17) is 4.74 Å². The first kappa shape index (κ1) is 11.3. The van der Waals surface area contributed by atoms with Gasteiger partial charge in [-0.15, -0.1) is 0 Å². The zero-order valence-corrected chi connectivity index (χ0v) is 8.39. The highest BCUT2D eigenvalue weighted by Crippen LogP contribution is 1.93. The lowest BCUT2D eigenvalue weighted by atomic mass is 10.2. The summed E-state index contributed by atoms with van der Waals surface area (Å²) in [7, 11) is 0. The van der Waals surface area contributed by atoms with E-state index in [1.165, 1.54) is 0 Å². The molecule has 1 amide bonds. The summed E-state index contributed by atoms with van der Waals surface area (Å²) in [5, 5.41) is 2.68. The topological polar surface area (TPSA) is 38.3 Å². The Bertz CT molecular complexity index is 118. The van der Waals surface area contributed by atoms with Crippen LogP contribution >= 0.6 is 0 Å². The van der Waals surface area contributed by atoms with Crippen LogP contribution in [0.25, 0.3) is 0 Å². The highest BCUT2D eigenvalue weighted by Gasteiger charge is 2.03. The quantitative estimate of drug-likeness (QED) is 0.706. The number of hydrogen-bond acceptors (Lipinski definition) is 2. The van der Waals surface area contributed by atoms with E-state index in [1.54, 1.807) is 0 Å². The Balaban J connectivity index is 3.34. The molecule has 0 aromatic carbocycles. The van der Waals surface area contributed by atoms with Crippen LogP contribution in [-0.2, 0) is 4.74 Å². The maximum absolute atomic E-state index is 10.9. The Hall–Kier alpha value is -0.730. The number of hydrogen-bond donors (Lipinski definition) is 1. The minimum Gasteiger partial charge on any atom is -0.449 e. The molecule has 1 N–H and O–H groups in total. The van der Waals surface area contributed by atoms with Gasteiger partial charge < -0.3 is 10.1 Å². The maximum Gasteiger partial charge on any atom is 0.407 e. The van der Waals surface area contributed by atoms with E-state index in [0.29, 0.717) is 25.0 Å². The second-order valence-corrected chi connectivity index (χ2v) is 3.77. The number of amides is 1. The van der Waals surface area contributed by atoms with Crippen LogP contribution < -0.4 is 5.32 Å². The van der Waals surface area contributed by atoms with Gasteiger partial charge in [-0.05, 0) is 11.8 Å². The molecule has 0 saturated carbocycles. The molecule has 12 heavy (non-hydrogen) atoms. The van der Waals surface area contributed by atoms with E-state index < -0.39 is 0 Å². The first-order valence-corrected chi connectivity index (χ1v) is 4.43. The van der Waals surface area contributed by atoms with E-state index in [0.717, 1.165) is 0 Å². The van der Waals surface area contributed by atoms with Gasteiger partial charge in [0.05, 0.1) is 6.61 Å². The molecule has 0 unspecified atom stereocenters. The lowest BCUT2D eigenvalue weighted by Crippen LogP contribution is -2.28. The Morgan fingerprint density at radius 1 is 1.25 bits per heavy atom. The average Bonchev–Trinajstić information content (AvgIpc) is 1.96. The molecular weight excluding hydrogens is 154 g/mol. The highest BCUT2D eigenvalue weighted by molar-refractivity contribution is 5.67. The third-order valence-electron chi connectivity index (χ3n) is 1.20. The van der Waals surface area contributed by atoms with E-state index in [-0.39, 0.29) is 6.09 Å². The zero-order valence-electron chi connectivity index (χ0n) is 8.39. The number of carbonyl (C=O) groups excluding carboxylic acids is 1. The van der Waals surface area contributed by atoms with Gasteiger partial charge in [0.2, 0.25) is 0 Å². The summed E-state index contributed by atoms with van der Waals surface area (Å²) in [6.45, 7) is 9.28. The van der Waals surface area contributed by atoms with Crippen molar-refractivity contribution in [3.63, 3.8) is 0 Å². The van der Waals surface area contributed by atoms with Gasteiger partial charge in [0, 0.05) is 6.54 Å². The summed E-state index contributed by atoms with van der Waals surface area (Å²) in [6, 6.07) is 0. The van der Waals surface area contributed by atoms with Crippen LogP contribution in [0.3, 0.4) is 0 Å². The predicted octanol–water partition coefficient (Wildman–Crippen LogP) is 2.02. The van der Waals surface area contributed by atoms with Crippen molar-refractivity contribution in [3.8, 4) is 0 Å². The Kier molecular flexibility index (Phi) is 5.51. The average molecular weight is 173 g/mol. The predicted molar refractivity (Wildman–Crippen MR) is 49.0 cm³/mol. The minimum absolute atomic E-state index is 0.308. The summed E-state index contributed by atoms with van der Waals surface area (Å²) in [4.78, 5) is 10.9. The second-order valence-electron chi connectivity index (χ2n) is 3.77. The Labute approximate surface area is 74.5 Å². The van der Waals surface area contributed by atoms with Gasteiger partial charge in [-0.25, -0.2) is 4.79 Å². The highest BCUT2D eigenvalue weighted by atomic mass is 16.5. The van der Waals surface area contributed by atoms with Crippen LogP contribution in [0.1, 0.15) is 27.7 Å². The van der Waals surface area contributed by atoms with Crippen LogP contribution in [0.4, 0.5) is 4.79 Å². The fourth-order valence-corrected chi connectivity index (χ4v) is 0.581. The van der Waals surface area contributed by atoms with Gasteiger partial charge in [-0.2, -0.15) is 0 Å². The molecule has 3 nitrogen and oxygen atoms in total. The molecule has 0 spiro atoms. The molecule has 0 rings (SSSR count). The molecule has 0 radical (unpaired) electrons. The van der Waals surface area contributed by atoms with Crippen LogP contribution in [0.5, 0.6) is 0 Å². The van der Waals surface area contributed by atoms with Gasteiger partial charge in [0.25, 0.3) is 0 Å². The molecule has 0 aromatic heterocycles. The molecule has 0 saturated heterocycles. The SMILES string of the molecule is CC(C)CNC(=O)OCC(C)C.